The molecule has 1 aliphatic rings. The van der Waals surface area contributed by atoms with E-state index in [0.717, 1.165) is 25.7 Å². The van der Waals surface area contributed by atoms with Crippen LogP contribution in [0, 0.1) is 0 Å². The van der Waals surface area contributed by atoms with Crippen molar-refractivity contribution in [2.45, 2.75) is 51.6 Å². The van der Waals surface area contributed by atoms with E-state index >= 15 is 0 Å². The van der Waals surface area contributed by atoms with Crippen LogP contribution in [0.5, 0.6) is 0 Å². The molecule has 6 heteroatoms. The Hall–Kier alpha value is -2.37. The molecule has 0 radical (unpaired) electrons. The Morgan fingerprint density at radius 3 is 2.65 bits per heavy atom. The maximum atomic E-state index is 12.5. The largest absolute Gasteiger partial charge is 0.348 e. The highest BCUT2D eigenvalue weighted by atomic mass is 16.2. The minimum atomic E-state index is -0.261. The molecule has 1 fully saturated rings. The van der Waals surface area contributed by atoms with E-state index in [1.165, 1.54) is 0 Å². The first-order valence-corrected chi connectivity index (χ1v) is 8.15. The number of hydrogen-bond acceptors (Lipinski definition) is 3. The van der Waals surface area contributed by atoms with Crippen molar-refractivity contribution in [1.82, 2.24) is 20.0 Å². The molecule has 2 amide bonds. The Labute approximate surface area is 135 Å². The Kier molecular flexibility index (Phi) is 4.32. The highest BCUT2D eigenvalue weighted by Crippen LogP contribution is 2.19. The molecular weight excluding hydrogens is 292 g/mol. The maximum Gasteiger partial charge on any atom is 0.287 e. The highest BCUT2D eigenvalue weighted by Gasteiger charge is 2.24. The summed E-state index contributed by atoms with van der Waals surface area (Å²) < 4.78 is 1.68. The molecular formula is C17H22N4O2. The van der Waals surface area contributed by atoms with Crippen molar-refractivity contribution < 1.29 is 9.59 Å². The lowest BCUT2D eigenvalue weighted by atomic mass is 10.2. The van der Waals surface area contributed by atoms with Crippen molar-refractivity contribution in [3.63, 3.8) is 0 Å². The van der Waals surface area contributed by atoms with Crippen LogP contribution in [0.15, 0.2) is 24.4 Å². The molecule has 2 N–H and O–H groups in total. The molecule has 2 aromatic rings. The Balaban J connectivity index is 1.93. The lowest BCUT2D eigenvalue weighted by Crippen LogP contribution is -2.34. The van der Waals surface area contributed by atoms with Gasteiger partial charge < -0.3 is 10.6 Å². The number of aromatic nitrogens is 2. The van der Waals surface area contributed by atoms with Crippen molar-refractivity contribution in [1.29, 1.82) is 0 Å². The van der Waals surface area contributed by atoms with Crippen LogP contribution in [0.1, 0.15) is 60.6 Å². The molecule has 1 saturated carbocycles. The van der Waals surface area contributed by atoms with Crippen LogP contribution in [0.3, 0.4) is 0 Å². The van der Waals surface area contributed by atoms with Gasteiger partial charge in [-0.25, -0.2) is 4.98 Å². The molecule has 0 aliphatic heterocycles. The molecule has 0 unspecified atom stereocenters. The van der Waals surface area contributed by atoms with Crippen LogP contribution < -0.4 is 10.6 Å². The summed E-state index contributed by atoms with van der Waals surface area (Å²) in [5.74, 6) is -0.216. The van der Waals surface area contributed by atoms with Gasteiger partial charge in [0.2, 0.25) is 5.82 Å². The third-order valence-electron chi connectivity index (χ3n) is 4.08. The number of nitrogens with one attached hydrogen (secondary N) is 2. The van der Waals surface area contributed by atoms with E-state index in [1.807, 2.05) is 26.0 Å². The van der Waals surface area contributed by atoms with Gasteiger partial charge in [0.25, 0.3) is 11.8 Å². The van der Waals surface area contributed by atoms with Crippen LogP contribution in [0.25, 0.3) is 5.52 Å². The SMILES string of the molecule is CC(C)NC(=O)c1nc(C(=O)NC2CCCC2)n2ccccc12. The first-order valence-electron chi connectivity index (χ1n) is 8.15. The molecule has 0 spiro atoms. The molecule has 6 nitrogen and oxygen atoms in total. The van der Waals surface area contributed by atoms with E-state index < -0.39 is 0 Å². The van der Waals surface area contributed by atoms with Crippen molar-refractivity contribution in [3.05, 3.63) is 35.9 Å². The number of amides is 2. The zero-order chi connectivity index (χ0) is 16.4. The van der Waals surface area contributed by atoms with E-state index in [4.69, 9.17) is 0 Å². The van der Waals surface area contributed by atoms with Crippen molar-refractivity contribution in [3.8, 4) is 0 Å². The predicted octanol–water partition coefficient (Wildman–Crippen LogP) is 2.14. The summed E-state index contributed by atoms with van der Waals surface area (Å²) in [6.07, 6.45) is 6.08. The van der Waals surface area contributed by atoms with Gasteiger partial charge in [-0.2, -0.15) is 0 Å². The van der Waals surface area contributed by atoms with Crippen molar-refractivity contribution in [2.75, 3.05) is 0 Å². The van der Waals surface area contributed by atoms with Crippen molar-refractivity contribution >= 4 is 17.3 Å². The van der Waals surface area contributed by atoms with Gasteiger partial charge in [-0.1, -0.05) is 18.9 Å². The second kappa shape index (κ2) is 6.40. The summed E-state index contributed by atoms with van der Waals surface area (Å²) in [5, 5.41) is 5.86. The van der Waals surface area contributed by atoms with Crippen LogP contribution in [-0.4, -0.2) is 33.3 Å². The minimum absolute atomic E-state index is 0.0127. The van der Waals surface area contributed by atoms with Crippen LogP contribution in [-0.2, 0) is 0 Å². The van der Waals surface area contributed by atoms with Crippen LogP contribution in [0.2, 0.25) is 0 Å². The van der Waals surface area contributed by atoms with E-state index in [-0.39, 0.29) is 35.4 Å². The van der Waals surface area contributed by atoms with Gasteiger partial charge >= 0.3 is 0 Å². The van der Waals surface area contributed by atoms with Gasteiger partial charge in [0.15, 0.2) is 5.69 Å². The molecule has 1 aliphatic carbocycles. The fourth-order valence-corrected chi connectivity index (χ4v) is 3.02. The summed E-state index contributed by atoms with van der Waals surface area (Å²) in [6, 6.07) is 5.69. The normalized spacial score (nSPS) is 15.3. The van der Waals surface area contributed by atoms with Gasteiger partial charge in [-0.3, -0.25) is 14.0 Å². The molecule has 0 saturated heterocycles. The van der Waals surface area contributed by atoms with Crippen LogP contribution in [0.4, 0.5) is 0 Å². The quantitative estimate of drug-likeness (QED) is 0.908. The second-order valence-corrected chi connectivity index (χ2v) is 6.32. The third-order valence-corrected chi connectivity index (χ3v) is 4.08. The van der Waals surface area contributed by atoms with Crippen LogP contribution >= 0.6 is 0 Å². The first-order chi connectivity index (χ1) is 11.1. The van der Waals surface area contributed by atoms with Gasteiger partial charge in [-0.05, 0) is 38.8 Å². The fourth-order valence-electron chi connectivity index (χ4n) is 3.02. The van der Waals surface area contributed by atoms with E-state index in [2.05, 4.69) is 15.6 Å². The number of imidazole rings is 1. The topological polar surface area (TPSA) is 75.5 Å². The summed E-state index contributed by atoms with van der Waals surface area (Å²) in [5.41, 5.74) is 0.929. The number of rotatable bonds is 4. The summed E-state index contributed by atoms with van der Waals surface area (Å²) >= 11 is 0. The molecule has 122 valence electrons. The third kappa shape index (κ3) is 3.21. The molecule has 3 rings (SSSR count). The van der Waals surface area contributed by atoms with E-state index in [9.17, 15) is 9.59 Å². The van der Waals surface area contributed by atoms with E-state index in [1.54, 1.807) is 16.7 Å². The molecule has 0 atom stereocenters. The number of carbonyl (C=O) groups excluding carboxylic acids is 2. The van der Waals surface area contributed by atoms with Gasteiger partial charge in [0.05, 0.1) is 5.52 Å². The predicted molar refractivity (Wildman–Crippen MR) is 87.5 cm³/mol. The second-order valence-electron chi connectivity index (χ2n) is 6.32. The van der Waals surface area contributed by atoms with Gasteiger partial charge in [0, 0.05) is 18.3 Å². The molecule has 0 bridgehead atoms. The summed E-state index contributed by atoms with van der Waals surface area (Å²) in [6.45, 7) is 3.79. The molecule has 2 heterocycles. The molecule has 2 aromatic heterocycles. The average molecular weight is 314 g/mol. The van der Waals surface area contributed by atoms with Gasteiger partial charge in [-0.15, -0.1) is 0 Å². The number of fused-ring (bicyclic) bond motifs is 1. The zero-order valence-corrected chi connectivity index (χ0v) is 13.5. The lowest BCUT2D eigenvalue weighted by molar-refractivity contribution is 0.0926. The molecule has 23 heavy (non-hydrogen) atoms. The highest BCUT2D eigenvalue weighted by molar-refractivity contribution is 6.02. The standard InChI is InChI=1S/C17H22N4O2/c1-11(2)18-16(22)14-13-9-5-6-10-21(13)15(20-14)17(23)19-12-7-3-4-8-12/h5-6,9-12H,3-4,7-8H2,1-2H3,(H,18,22)(H,19,23). The first kappa shape index (κ1) is 15.5. The average Bonchev–Trinajstić information content (AvgIpc) is 3.13. The fraction of sp³-hybridized carbons (Fsp3) is 0.471. The minimum Gasteiger partial charge on any atom is -0.348 e. The number of hydrogen-bond donors (Lipinski definition) is 2. The number of pyridine rings is 1. The maximum absolute atomic E-state index is 12.5. The van der Waals surface area contributed by atoms with Crippen molar-refractivity contribution in [2.24, 2.45) is 0 Å². The summed E-state index contributed by atoms with van der Waals surface area (Å²) in [7, 11) is 0. The summed E-state index contributed by atoms with van der Waals surface area (Å²) in [4.78, 5) is 29.2. The Bertz CT molecular complexity index is 729. The lowest BCUT2D eigenvalue weighted by Gasteiger charge is -2.10. The number of carbonyl (C=O) groups is 2. The zero-order valence-electron chi connectivity index (χ0n) is 13.5. The Morgan fingerprint density at radius 1 is 1.22 bits per heavy atom. The Morgan fingerprint density at radius 2 is 1.96 bits per heavy atom. The monoisotopic (exact) mass is 314 g/mol. The van der Waals surface area contributed by atoms with Gasteiger partial charge in [0.1, 0.15) is 0 Å². The smallest absolute Gasteiger partial charge is 0.287 e. The van der Waals surface area contributed by atoms with E-state index in [0.29, 0.717) is 5.52 Å². The number of nitrogens with zero attached hydrogens (tertiary/aromatic N) is 2. The molecule has 0 aromatic carbocycles.